The van der Waals surface area contributed by atoms with Crippen LogP contribution in [0.5, 0.6) is 11.5 Å². The second kappa shape index (κ2) is 7.19. The maximum atomic E-state index is 12.8. The Kier molecular flexibility index (Phi) is 4.97. The second-order valence-electron chi connectivity index (χ2n) is 5.27. The number of hydrogen-bond donors (Lipinski definition) is 2. The van der Waals surface area contributed by atoms with E-state index in [0.29, 0.717) is 21.9 Å². The molecule has 3 rings (SSSR count). The van der Waals surface area contributed by atoms with Crippen molar-refractivity contribution in [2.24, 2.45) is 0 Å². The maximum Gasteiger partial charge on any atom is 0.335 e. The number of anilines is 1. The molecule has 132 valence electrons. The normalized spacial score (nSPS) is 15.6. The lowest BCUT2D eigenvalue weighted by atomic mass is 10.1. The number of para-hydroxylation sites is 1. The summed E-state index contributed by atoms with van der Waals surface area (Å²) in [5.74, 6) is -1.25. The number of carboxylic acid groups (broad SMARTS) is 1. The minimum Gasteiger partial charge on any atom is -0.504 e. The average molecular weight is 387 g/mol. The third-order valence-corrected chi connectivity index (χ3v) is 4.98. The Hall–Kier alpha value is -2.84. The summed E-state index contributed by atoms with van der Waals surface area (Å²) in [6.07, 6.45) is 1.53. The highest BCUT2D eigenvalue weighted by atomic mass is 32.2. The molecule has 0 saturated carbocycles. The summed E-state index contributed by atoms with van der Waals surface area (Å²) in [4.78, 5) is 25.5. The summed E-state index contributed by atoms with van der Waals surface area (Å²) in [7, 11) is 1.44. The number of ether oxygens (including phenoxy) is 1. The lowest BCUT2D eigenvalue weighted by Crippen LogP contribution is -2.27. The summed E-state index contributed by atoms with van der Waals surface area (Å²) < 4.78 is 5.34. The Labute approximate surface area is 158 Å². The third-order valence-electron chi connectivity index (χ3n) is 3.68. The zero-order valence-corrected chi connectivity index (χ0v) is 15.1. The lowest BCUT2D eigenvalue weighted by molar-refractivity contribution is -0.113. The lowest BCUT2D eigenvalue weighted by Gasteiger charge is -2.14. The molecule has 0 unspecified atom stereocenters. The zero-order chi connectivity index (χ0) is 18.8. The molecule has 2 aromatic rings. The second-order valence-corrected chi connectivity index (χ2v) is 6.95. The Morgan fingerprint density at radius 3 is 2.69 bits per heavy atom. The largest absolute Gasteiger partial charge is 0.504 e. The molecule has 8 heteroatoms. The monoisotopic (exact) mass is 387 g/mol. The first-order valence-corrected chi connectivity index (χ1v) is 8.62. The van der Waals surface area contributed by atoms with E-state index in [1.54, 1.807) is 30.3 Å². The van der Waals surface area contributed by atoms with Gasteiger partial charge in [0.05, 0.1) is 23.3 Å². The van der Waals surface area contributed by atoms with Gasteiger partial charge in [-0.15, -0.1) is 0 Å². The summed E-state index contributed by atoms with van der Waals surface area (Å²) in [5.41, 5.74) is 0.862. The van der Waals surface area contributed by atoms with Crippen molar-refractivity contribution in [3.63, 3.8) is 0 Å². The van der Waals surface area contributed by atoms with E-state index in [-0.39, 0.29) is 21.5 Å². The molecule has 1 amide bonds. The molecule has 1 heterocycles. The smallest absolute Gasteiger partial charge is 0.335 e. The number of benzene rings is 2. The minimum atomic E-state index is -1.09. The van der Waals surface area contributed by atoms with E-state index in [0.717, 1.165) is 11.8 Å². The molecule has 0 spiro atoms. The van der Waals surface area contributed by atoms with Gasteiger partial charge in [0.15, 0.2) is 15.8 Å². The number of aromatic carboxylic acids is 1. The van der Waals surface area contributed by atoms with E-state index in [4.69, 9.17) is 22.1 Å². The van der Waals surface area contributed by atoms with Crippen LogP contribution < -0.4 is 9.64 Å². The van der Waals surface area contributed by atoms with Crippen molar-refractivity contribution >= 4 is 51.9 Å². The van der Waals surface area contributed by atoms with Crippen LogP contribution in [0.15, 0.2) is 47.4 Å². The van der Waals surface area contributed by atoms with Gasteiger partial charge in [-0.2, -0.15) is 0 Å². The van der Waals surface area contributed by atoms with Gasteiger partial charge in [0.2, 0.25) is 0 Å². The van der Waals surface area contributed by atoms with Crippen molar-refractivity contribution in [1.29, 1.82) is 0 Å². The van der Waals surface area contributed by atoms with Gasteiger partial charge in [-0.3, -0.25) is 9.69 Å². The number of carboxylic acids is 1. The number of carbonyl (C=O) groups is 2. The van der Waals surface area contributed by atoms with Crippen LogP contribution in [-0.2, 0) is 4.79 Å². The first-order valence-electron chi connectivity index (χ1n) is 7.39. The molecule has 0 aromatic heterocycles. The molecule has 6 nitrogen and oxygen atoms in total. The van der Waals surface area contributed by atoms with E-state index < -0.39 is 5.97 Å². The fourth-order valence-electron chi connectivity index (χ4n) is 2.43. The number of thioether (sulfide) groups is 1. The van der Waals surface area contributed by atoms with Crippen LogP contribution in [0.2, 0.25) is 0 Å². The molecule has 0 bridgehead atoms. The topological polar surface area (TPSA) is 87.1 Å². The SMILES string of the molecule is COc1cccc(/C=C2\SC(=S)N(c3cccc(C(=O)O)c3)C2=O)c1O. The first kappa shape index (κ1) is 18.0. The maximum absolute atomic E-state index is 12.8. The molecule has 1 saturated heterocycles. The third kappa shape index (κ3) is 3.29. The standard InChI is InChI=1S/C18H13NO5S2/c1-24-13-7-3-4-10(15(13)20)9-14-16(21)19(18(25)26-14)12-6-2-5-11(8-12)17(22)23/h2-9,20H,1H3,(H,22,23)/b14-9-. The van der Waals surface area contributed by atoms with E-state index in [9.17, 15) is 14.7 Å². The van der Waals surface area contributed by atoms with E-state index >= 15 is 0 Å². The number of phenols is 1. The highest BCUT2D eigenvalue weighted by Crippen LogP contribution is 2.38. The van der Waals surface area contributed by atoms with Gasteiger partial charge in [0.1, 0.15) is 0 Å². The van der Waals surface area contributed by atoms with Crippen LogP contribution >= 0.6 is 24.0 Å². The number of thiocarbonyl (C=S) groups is 1. The van der Waals surface area contributed by atoms with Crippen LogP contribution in [0.1, 0.15) is 15.9 Å². The van der Waals surface area contributed by atoms with Crippen LogP contribution in [0.25, 0.3) is 6.08 Å². The predicted molar refractivity (Wildman–Crippen MR) is 104 cm³/mol. The molecular weight excluding hydrogens is 374 g/mol. The number of amides is 1. The number of hydrogen-bond acceptors (Lipinski definition) is 6. The summed E-state index contributed by atoms with van der Waals surface area (Å²) in [6.45, 7) is 0. The molecule has 2 aromatic carbocycles. The molecular formula is C18H13NO5S2. The van der Waals surface area contributed by atoms with Crippen LogP contribution in [0, 0.1) is 0 Å². The summed E-state index contributed by atoms with van der Waals surface area (Å²) in [6, 6.07) is 10.9. The zero-order valence-electron chi connectivity index (χ0n) is 13.5. The Balaban J connectivity index is 1.97. The van der Waals surface area contributed by atoms with Gasteiger partial charge in [-0.25, -0.2) is 4.79 Å². The predicted octanol–water partition coefficient (Wildman–Crippen LogP) is 3.50. The quantitative estimate of drug-likeness (QED) is 0.613. The molecule has 0 atom stereocenters. The number of rotatable bonds is 4. The van der Waals surface area contributed by atoms with Crippen molar-refractivity contribution in [2.45, 2.75) is 0 Å². The Morgan fingerprint density at radius 2 is 2.00 bits per heavy atom. The van der Waals surface area contributed by atoms with Crippen molar-refractivity contribution in [1.82, 2.24) is 0 Å². The Bertz CT molecular complexity index is 954. The van der Waals surface area contributed by atoms with Crippen LogP contribution in [0.4, 0.5) is 5.69 Å². The summed E-state index contributed by atoms with van der Waals surface area (Å²) in [5, 5.41) is 19.3. The average Bonchev–Trinajstić information content (AvgIpc) is 2.90. The van der Waals surface area contributed by atoms with Crippen LogP contribution in [0.3, 0.4) is 0 Å². The van der Waals surface area contributed by atoms with Gasteiger partial charge < -0.3 is 14.9 Å². The summed E-state index contributed by atoms with van der Waals surface area (Å²) >= 11 is 6.35. The van der Waals surface area contributed by atoms with Gasteiger partial charge in [0.25, 0.3) is 5.91 Å². The van der Waals surface area contributed by atoms with Gasteiger partial charge in [-0.05, 0) is 30.3 Å². The van der Waals surface area contributed by atoms with Gasteiger partial charge >= 0.3 is 5.97 Å². The fraction of sp³-hybridized carbons (Fsp3) is 0.0556. The van der Waals surface area contributed by atoms with Crippen LogP contribution in [-0.4, -0.2) is 33.5 Å². The highest BCUT2D eigenvalue weighted by Gasteiger charge is 2.33. The van der Waals surface area contributed by atoms with Crippen molar-refractivity contribution in [2.75, 3.05) is 12.0 Å². The van der Waals surface area contributed by atoms with E-state index in [2.05, 4.69) is 0 Å². The number of methoxy groups -OCH3 is 1. The fourth-order valence-corrected chi connectivity index (χ4v) is 3.72. The number of aromatic hydroxyl groups is 1. The van der Waals surface area contributed by atoms with Crippen molar-refractivity contribution in [3.05, 3.63) is 58.5 Å². The van der Waals surface area contributed by atoms with Gasteiger partial charge in [0, 0.05) is 5.56 Å². The Morgan fingerprint density at radius 1 is 1.27 bits per heavy atom. The van der Waals surface area contributed by atoms with Crippen molar-refractivity contribution in [3.8, 4) is 11.5 Å². The molecule has 1 aliphatic heterocycles. The molecule has 2 N–H and O–H groups in total. The number of phenolic OH excluding ortho intramolecular Hbond substituents is 1. The van der Waals surface area contributed by atoms with Crippen molar-refractivity contribution < 1.29 is 24.5 Å². The first-order chi connectivity index (χ1) is 12.4. The van der Waals surface area contributed by atoms with Gasteiger partial charge in [-0.1, -0.05) is 42.2 Å². The number of carbonyl (C=O) groups excluding carboxylic acids is 1. The van der Waals surface area contributed by atoms with E-state index in [1.165, 1.54) is 30.2 Å². The molecule has 26 heavy (non-hydrogen) atoms. The number of nitrogens with zero attached hydrogens (tertiary/aromatic N) is 1. The molecule has 0 aliphatic carbocycles. The van der Waals surface area contributed by atoms with E-state index in [1.807, 2.05) is 0 Å². The molecule has 1 fully saturated rings. The minimum absolute atomic E-state index is 0.0611. The molecule has 0 radical (unpaired) electrons. The highest BCUT2D eigenvalue weighted by molar-refractivity contribution is 8.27. The molecule has 1 aliphatic rings.